The van der Waals surface area contributed by atoms with Crippen molar-refractivity contribution in [1.29, 1.82) is 0 Å². The molecule has 7 rings (SSSR count). The Balaban J connectivity index is 1.43. The molecule has 0 fully saturated rings. The van der Waals surface area contributed by atoms with E-state index in [1.807, 2.05) is 97.1 Å². The van der Waals surface area contributed by atoms with E-state index in [4.69, 9.17) is 18.9 Å². The molecule has 0 aliphatic heterocycles. The molecule has 4 N–H and O–H groups in total. The van der Waals surface area contributed by atoms with Crippen LogP contribution in [0.3, 0.4) is 0 Å². The average molecular weight is 693 g/mol. The predicted molar refractivity (Wildman–Crippen MR) is 205 cm³/mol. The van der Waals surface area contributed by atoms with E-state index in [0.717, 1.165) is 0 Å². The number of hydrogen-bond donors (Lipinski definition) is 4. The molecule has 1 aliphatic rings. The number of anilines is 8. The van der Waals surface area contributed by atoms with Gasteiger partial charge in [-0.3, -0.25) is 9.59 Å². The highest BCUT2D eigenvalue weighted by Crippen LogP contribution is 2.44. The zero-order valence-electron chi connectivity index (χ0n) is 29.0. The monoisotopic (exact) mass is 692 g/mol. The van der Waals surface area contributed by atoms with Crippen molar-refractivity contribution in [3.8, 4) is 23.0 Å². The van der Waals surface area contributed by atoms with Crippen molar-refractivity contribution in [2.24, 2.45) is 0 Å². The molecule has 0 unspecified atom stereocenters. The summed E-state index contributed by atoms with van der Waals surface area (Å²) in [6.45, 7) is 0. The maximum Gasteiger partial charge on any atom is 0.198 e. The average Bonchev–Trinajstić information content (AvgIpc) is 3.18. The van der Waals surface area contributed by atoms with Gasteiger partial charge in [0, 0.05) is 47.0 Å². The van der Waals surface area contributed by atoms with Gasteiger partial charge in [0.15, 0.2) is 11.6 Å². The van der Waals surface area contributed by atoms with E-state index in [-0.39, 0.29) is 33.8 Å². The molecule has 0 aromatic heterocycles. The van der Waals surface area contributed by atoms with Gasteiger partial charge in [-0.15, -0.1) is 0 Å². The molecule has 6 aromatic carbocycles. The fourth-order valence-corrected chi connectivity index (χ4v) is 6.24. The van der Waals surface area contributed by atoms with Gasteiger partial charge in [-0.05, 0) is 72.8 Å². The molecule has 260 valence electrons. The molecular formula is C42H36N4O6. The van der Waals surface area contributed by atoms with Crippen molar-refractivity contribution < 1.29 is 28.5 Å². The number of methoxy groups -OCH3 is 4. The second-order valence-electron chi connectivity index (χ2n) is 11.9. The van der Waals surface area contributed by atoms with Gasteiger partial charge in [0.05, 0.1) is 73.4 Å². The summed E-state index contributed by atoms with van der Waals surface area (Å²) in [5, 5.41) is 13.5. The molecule has 0 saturated carbocycles. The number of ketones is 2. The number of hydrogen-bond acceptors (Lipinski definition) is 10. The first-order chi connectivity index (χ1) is 25.4. The molecule has 0 radical (unpaired) electrons. The minimum Gasteiger partial charge on any atom is -0.497 e. The maximum atomic E-state index is 15.2. The van der Waals surface area contributed by atoms with Crippen LogP contribution in [0.2, 0.25) is 0 Å². The van der Waals surface area contributed by atoms with Crippen LogP contribution >= 0.6 is 0 Å². The molecule has 6 aromatic rings. The number of nitrogens with one attached hydrogen (secondary N) is 4. The van der Waals surface area contributed by atoms with Crippen LogP contribution in [0.1, 0.15) is 31.8 Å². The van der Waals surface area contributed by atoms with Crippen LogP contribution in [0.25, 0.3) is 0 Å². The molecule has 0 amide bonds. The molecule has 52 heavy (non-hydrogen) atoms. The summed E-state index contributed by atoms with van der Waals surface area (Å²) in [5.41, 5.74) is 5.47. The Kier molecular flexibility index (Phi) is 9.36. The van der Waals surface area contributed by atoms with E-state index in [0.29, 0.717) is 68.5 Å². The molecule has 1 aliphatic carbocycles. The standard InChI is InChI=1S/C42H36N4O6/c1-49-29-13-5-9-25(21-29)43-33-17-18-34(44-26-10-6-14-30(22-26)50-2)38-37(33)41(47)39-35(45-27-11-7-15-31(23-27)51-3)19-20-36(40(39)42(38)48)46-28-12-8-16-32(24-28)52-4/h5-24,43-46H,1-4H3. The Labute approximate surface area is 301 Å². The molecule has 0 heterocycles. The lowest BCUT2D eigenvalue weighted by Crippen LogP contribution is -2.25. The van der Waals surface area contributed by atoms with E-state index in [9.17, 15) is 0 Å². The number of fused-ring (bicyclic) bond motifs is 2. The van der Waals surface area contributed by atoms with Crippen molar-refractivity contribution in [3.63, 3.8) is 0 Å². The van der Waals surface area contributed by atoms with Crippen molar-refractivity contribution in [2.75, 3.05) is 49.7 Å². The first-order valence-corrected chi connectivity index (χ1v) is 16.5. The van der Waals surface area contributed by atoms with E-state index in [1.165, 1.54) is 0 Å². The van der Waals surface area contributed by atoms with Crippen LogP contribution in [0.4, 0.5) is 45.5 Å². The predicted octanol–water partition coefficient (Wildman–Crippen LogP) is 9.47. The third-order valence-corrected chi connectivity index (χ3v) is 8.71. The fourth-order valence-electron chi connectivity index (χ4n) is 6.24. The first kappa shape index (κ1) is 33.6. The number of benzene rings is 6. The summed E-state index contributed by atoms with van der Waals surface area (Å²) >= 11 is 0. The lowest BCUT2D eigenvalue weighted by molar-refractivity contribution is 0.0981. The minimum absolute atomic E-state index is 0.223. The van der Waals surface area contributed by atoms with E-state index in [1.54, 1.807) is 52.7 Å². The highest BCUT2D eigenvalue weighted by molar-refractivity contribution is 6.35. The Morgan fingerprint density at radius 3 is 0.788 bits per heavy atom. The lowest BCUT2D eigenvalue weighted by atomic mass is 9.80. The Morgan fingerprint density at radius 1 is 0.346 bits per heavy atom. The molecule has 10 nitrogen and oxygen atoms in total. The van der Waals surface area contributed by atoms with Gasteiger partial charge in [-0.1, -0.05) is 24.3 Å². The van der Waals surface area contributed by atoms with Crippen molar-refractivity contribution in [2.45, 2.75) is 0 Å². The summed E-state index contributed by atoms with van der Waals surface area (Å²) < 4.78 is 21.8. The van der Waals surface area contributed by atoms with Crippen LogP contribution in [-0.4, -0.2) is 40.0 Å². The number of ether oxygens (including phenoxy) is 4. The van der Waals surface area contributed by atoms with Gasteiger partial charge in [-0.2, -0.15) is 0 Å². The second-order valence-corrected chi connectivity index (χ2v) is 11.9. The highest BCUT2D eigenvalue weighted by atomic mass is 16.5. The normalized spacial score (nSPS) is 11.5. The smallest absolute Gasteiger partial charge is 0.198 e. The first-order valence-electron chi connectivity index (χ1n) is 16.5. The van der Waals surface area contributed by atoms with E-state index >= 15 is 9.59 Å². The SMILES string of the molecule is COc1cccc(Nc2ccc(Nc3cccc(OC)c3)c3c2C(=O)c2c(Nc4cccc(OC)c4)ccc(Nc4cccc(OC)c4)c2C3=O)c1. The molecule has 0 atom stereocenters. The summed E-state index contributed by atoms with van der Waals surface area (Å²) in [5.74, 6) is 1.87. The summed E-state index contributed by atoms with van der Waals surface area (Å²) in [4.78, 5) is 30.3. The molecule has 0 bridgehead atoms. The molecule has 10 heteroatoms. The summed E-state index contributed by atoms with van der Waals surface area (Å²) in [7, 11) is 6.36. The van der Waals surface area contributed by atoms with Crippen LogP contribution in [0, 0.1) is 0 Å². The topological polar surface area (TPSA) is 119 Å². The van der Waals surface area contributed by atoms with Crippen molar-refractivity contribution in [1.82, 2.24) is 0 Å². The number of carbonyl (C=O) groups excluding carboxylic acids is 2. The summed E-state index contributed by atoms with van der Waals surface area (Å²) in [6.07, 6.45) is 0. The van der Waals surface area contributed by atoms with Gasteiger partial charge < -0.3 is 40.2 Å². The fraction of sp³-hybridized carbons (Fsp3) is 0.0952. The van der Waals surface area contributed by atoms with E-state index in [2.05, 4.69) is 21.3 Å². The van der Waals surface area contributed by atoms with Crippen molar-refractivity contribution >= 4 is 57.1 Å². The zero-order chi connectivity index (χ0) is 36.2. The van der Waals surface area contributed by atoms with Crippen LogP contribution in [0.5, 0.6) is 23.0 Å². The third kappa shape index (κ3) is 6.65. The van der Waals surface area contributed by atoms with Crippen LogP contribution in [0.15, 0.2) is 121 Å². The zero-order valence-corrected chi connectivity index (χ0v) is 29.0. The maximum absolute atomic E-state index is 15.2. The van der Waals surface area contributed by atoms with Crippen molar-refractivity contribution in [3.05, 3.63) is 144 Å². The number of carbonyl (C=O) groups is 2. The van der Waals surface area contributed by atoms with Gasteiger partial charge in [0.2, 0.25) is 0 Å². The molecule has 0 saturated heterocycles. The van der Waals surface area contributed by atoms with Gasteiger partial charge >= 0.3 is 0 Å². The van der Waals surface area contributed by atoms with Gasteiger partial charge in [-0.25, -0.2) is 0 Å². The Morgan fingerprint density at radius 2 is 0.577 bits per heavy atom. The Bertz CT molecular complexity index is 2000. The third-order valence-electron chi connectivity index (χ3n) is 8.71. The lowest BCUT2D eigenvalue weighted by Gasteiger charge is -2.27. The highest BCUT2D eigenvalue weighted by Gasteiger charge is 2.38. The van der Waals surface area contributed by atoms with Gasteiger partial charge in [0.1, 0.15) is 23.0 Å². The van der Waals surface area contributed by atoms with E-state index < -0.39 is 0 Å². The minimum atomic E-state index is -0.344. The second kappa shape index (κ2) is 14.5. The van der Waals surface area contributed by atoms with Gasteiger partial charge in [0.25, 0.3) is 0 Å². The number of rotatable bonds is 12. The molecular weight excluding hydrogens is 656 g/mol. The largest absolute Gasteiger partial charge is 0.497 e. The Hall–Kier alpha value is -6.94. The summed E-state index contributed by atoms with van der Waals surface area (Å²) in [6, 6.07) is 36.7. The quantitative estimate of drug-likeness (QED) is 0.0986. The van der Waals surface area contributed by atoms with Crippen LogP contribution < -0.4 is 40.2 Å². The van der Waals surface area contributed by atoms with Crippen LogP contribution in [-0.2, 0) is 0 Å². The molecule has 0 spiro atoms.